The van der Waals surface area contributed by atoms with Gasteiger partial charge in [0.1, 0.15) is 5.82 Å². The van der Waals surface area contributed by atoms with Gasteiger partial charge in [-0.3, -0.25) is 4.90 Å². The first kappa shape index (κ1) is 16.1. The number of aryl methyl sites for hydroxylation is 1. The van der Waals surface area contributed by atoms with E-state index in [2.05, 4.69) is 34.6 Å². The molecule has 5 nitrogen and oxygen atoms in total. The van der Waals surface area contributed by atoms with Crippen molar-refractivity contribution in [2.45, 2.75) is 63.4 Å². The summed E-state index contributed by atoms with van der Waals surface area (Å²) in [7, 11) is 1.83. The number of para-hydroxylation sites is 2. The number of benzene rings is 1. The van der Waals surface area contributed by atoms with Gasteiger partial charge in [-0.1, -0.05) is 12.1 Å². The molecule has 0 radical (unpaired) electrons. The summed E-state index contributed by atoms with van der Waals surface area (Å²) >= 11 is 0. The monoisotopic (exact) mass is 329 g/mol. The molecule has 1 aliphatic carbocycles. The Morgan fingerprint density at radius 3 is 2.96 bits per heavy atom. The Balaban J connectivity index is 1.64. The lowest BCUT2D eigenvalue weighted by Crippen LogP contribution is -2.51. The van der Waals surface area contributed by atoms with Crippen LogP contribution in [0.5, 0.6) is 0 Å². The van der Waals surface area contributed by atoms with Gasteiger partial charge >= 0.3 is 0 Å². The standard InChI is InChI=1S/C19H27N3O2/c1-3-22-16-7-5-4-6-15(16)20-18(22)13-21-11-10-19(24-2)9-8-14(23)12-17(19)21/h4-7,14,17,23H,3,8-13H2,1-2H3/t14-,17-,19+/m0/s1. The van der Waals surface area contributed by atoms with E-state index in [-0.39, 0.29) is 17.7 Å². The molecule has 130 valence electrons. The number of hydrogen-bond donors (Lipinski definition) is 1. The smallest absolute Gasteiger partial charge is 0.124 e. The molecule has 1 aromatic heterocycles. The fourth-order valence-corrected chi connectivity index (χ4v) is 4.74. The van der Waals surface area contributed by atoms with Crippen molar-refractivity contribution in [2.24, 2.45) is 0 Å². The van der Waals surface area contributed by atoms with Gasteiger partial charge < -0.3 is 14.4 Å². The molecule has 2 aromatic rings. The molecule has 0 spiro atoms. The summed E-state index contributed by atoms with van der Waals surface area (Å²) < 4.78 is 8.26. The van der Waals surface area contributed by atoms with Crippen LogP contribution in [0.3, 0.4) is 0 Å². The first-order chi connectivity index (χ1) is 11.7. The average Bonchev–Trinajstić information content (AvgIpc) is 3.13. The Hall–Kier alpha value is -1.43. The van der Waals surface area contributed by atoms with Crippen LogP contribution in [0.2, 0.25) is 0 Å². The number of methoxy groups -OCH3 is 1. The number of likely N-dealkylation sites (tertiary alicyclic amines) is 1. The van der Waals surface area contributed by atoms with E-state index in [0.29, 0.717) is 0 Å². The summed E-state index contributed by atoms with van der Waals surface area (Å²) in [6.45, 7) is 4.93. The molecule has 2 heterocycles. The van der Waals surface area contributed by atoms with Gasteiger partial charge in [-0.2, -0.15) is 0 Å². The number of fused-ring (bicyclic) bond motifs is 2. The number of aliphatic hydroxyl groups excluding tert-OH is 1. The summed E-state index contributed by atoms with van der Waals surface area (Å²) in [6.07, 6.45) is 3.46. The van der Waals surface area contributed by atoms with E-state index >= 15 is 0 Å². The summed E-state index contributed by atoms with van der Waals surface area (Å²) in [4.78, 5) is 7.34. The van der Waals surface area contributed by atoms with Crippen LogP contribution in [-0.4, -0.2) is 51.0 Å². The Bertz CT molecular complexity index is 728. The topological polar surface area (TPSA) is 50.5 Å². The number of aliphatic hydroxyl groups is 1. The first-order valence-electron chi connectivity index (χ1n) is 9.08. The van der Waals surface area contributed by atoms with Gasteiger partial charge in [0.2, 0.25) is 0 Å². The van der Waals surface area contributed by atoms with E-state index in [9.17, 15) is 5.11 Å². The zero-order valence-corrected chi connectivity index (χ0v) is 14.6. The van der Waals surface area contributed by atoms with Crippen LogP contribution in [0.1, 0.15) is 38.4 Å². The van der Waals surface area contributed by atoms with Crippen molar-refractivity contribution in [2.75, 3.05) is 13.7 Å². The van der Waals surface area contributed by atoms with Crippen LogP contribution in [0.25, 0.3) is 11.0 Å². The second-order valence-corrected chi connectivity index (χ2v) is 7.19. The Morgan fingerprint density at radius 1 is 1.33 bits per heavy atom. The van der Waals surface area contributed by atoms with Gasteiger partial charge in [-0.05, 0) is 44.7 Å². The molecule has 4 rings (SSSR count). The molecule has 3 atom stereocenters. The second kappa shape index (κ2) is 6.14. The third-order valence-electron chi connectivity index (χ3n) is 6.07. The second-order valence-electron chi connectivity index (χ2n) is 7.19. The highest BCUT2D eigenvalue weighted by Gasteiger charge is 2.50. The Morgan fingerprint density at radius 2 is 2.17 bits per heavy atom. The molecule has 0 unspecified atom stereocenters. The normalized spacial score (nSPS) is 30.8. The maximum atomic E-state index is 10.2. The Labute approximate surface area is 143 Å². The summed E-state index contributed by atoms with van der Waals surface area (Å²) in [5, 5.41) is 10.2. The highest BCUT2D eigenvalue weighted by atomic mass is 16.5. The fraction of sp³-hybridized carbons (Fsp3) is 0.632. The highest BCUT2D eigenvalue weighted by molar-refractivity contribution is 5.75. The molecule has 1 N–H and O–H groups in total. The van der Waals surface area contributed by atoms with Gasteiger partial charge in [-0.25, -0.2) is 4.98 Å². The van der Waals surface area contributed by atoms with Crippen LogP contribution in [0.15, 0.2) is 24.3 Å². The van der Waals surface area contributed by atoms with Gasteiger partial charge in [0.15, 0.2) is 0 Å². The number of imidazole rings is 1. The highest BCUT2D eigenvalue weighted by Crippen LogP contribution is 2.43. The zero-order chi connectivity index (χ0) is 16.7. The molecule has 2 aliphatic rings. The third kappa shape index (κ3) is 2.46. The van der Waals surface area contributed by atoms with E-state index in [4.69, 9.17) is 9.72 Å². The van der Waals surface area contributed by atoms with Crippen molar-refractivity contribution < 1.29 is 9.84 Å². The van der Waals surface area contributed by atoms with Crippen LogP contribution in [-0.2, 0) is 17.8 Å². The van der Waals surface area contributed by atoms with Crippen molar-refractivity contribution in [1.82, 2.24) is 14.5 Å². The number of nitrogens with zero attached hydrogens (tertiary/aromatic N) is 3. The third-order valence-corrected chi connectivity index (χ3v) is 6.07. The molecule has 24 heavy (non-hydrogen) atoms. The van der Waals surface area contributed by atoms with Crippen molar-refractivity contribution in [3.8, 4) is 0 Å². The maximum Gasteiger partial charge on any atom is 0.124 e. The number of hydrogen-bond acceptors (Lipinski definition) is 4. The fourth-order valence-electron chi connectivity index (χ4n) is 4.74. The summed E-state index contributed by atoms with van der Waals surface area (Å²) in [6, 6.07) is 8.63. The zero-order valence-electron chi connectivity index (χ0n) is 14.6. The minimum Gasteiger partial charge on any atom is -0.393 e. The minimum atomic E-state index is -0.205. The van der Waals surface area contributed by atoms with Gasteiger partial charge in [0, 0.05) is 26.2 Å². The van der Waals surface area contributed by atoms with Crippen molar-refractivity contribution in [3.63, 3.8) is 0 Å². The maximum absolute atomic E-state index is 10.2. The van der Waals surface area contributed by atoms with Gasteiger partial charge in [0.25, 0.3) is 0 Å². The number of rotatable bonds is 4. The van der Waals surface area contributed by atoms with E-state index < -0.39 is 0 Å². The van der Waals surface area contributed by atoms with Crippen LogP contribution >= 0.6 is 0 Å². The van der Waals surface area contributed by atoms with Gasteiger partial charge in [0.05, 0.1) is 29.3 Å². The molecule has 2 fully saturated rings. The van der Waals surface area contributed by atoms with E-state index in [1.54, 1.807) is 0 Å². The predicted octanol–water partition coefficient (Wildman–Crippen LogP) is 2.56. The predicted molar refractivity (Wildman–Crippen MR) is 93.8 cm³/mol. The van der Waals surface area contributed by atoms with Crippen LogP contribution in [0.4, 0.5) is 0 Å². The van der Waals surface area contributed by atoms with Crippen molar-refractivity contribution >= 4 is 11.0 Å². The molecular weight excluding hydrogens is 302 g/mol. The van der Waals surface area contributed by atoms with Gasteiger partial charge in [-0.15, -0.1) is 0 Å². The number of aromatic nitrogens is 2. The first-order valence-corrected chi connectivity index (χ1v) is 9.08. The van der Waals surface area contributed by atoms with E-state index in [1.807, 2.05) is 13.2 Å². The lowest BCUT2D eigenvalue weighted by molar-refractivity contribution is -0.0882. The molecule has 1 aliphatic heterocycles. The lowest BCUT2D eigenvalue weighted by atomic mass is 9.79. The lowest BCUT2D eigenvalue weighted by Gasteiger charge is -2.42. The molecule has 1 aromatic carbocycles. The van der Waals surface area contributed by atoms with Crippen molar-refractivity contribution in [3.05, 3.63) is 30.1 Å². The summed E-state index contributed by atoms with van der Waals surface area (Å²) in [5.74, 6) is 1.12. The minimum absolute atomic E-state index is 0.0811. The molecule has 5 heteroatoms. The SMILES string of the molecule is CCn1c(CN2CC[C@]3(OC)CC[C@H](O)C[C@H]23)nc2ccccc21. The van der Waals surface area contributed by atoms with E-state index in [1.165, 1.54) is 5.52 Å². The van der Waals surface area contributed by atoms with Crippen molar-refractivity contribution in [1.29, 1.82) is 0 Å². The van der Waals surface area contributed by atoms with Crippen LogP contribution in [0, 0.1) is 0 Å². The molecule has 1 saturated heterocycles. The van der Waals surface area contributed by atoms with Crippen LogP contribution < -0.4 is 0 Å². The quantitative estimate of drug-likeness (QED) is 0.937. The molecule has 1 saturated carbocycles. The average molecular weight is 329 g/mol. The largest absolute Gasteiger partial charge is 0.393 e. The van der Waals surface area contributed by atoms with E-state index in [0.717, 1.165) is 56.7 Å². The molecule has 0 amide bonds. The molecule has 0 bridgehead atoms. The summed E-state index contributed by atoms with van der Waals surface area (Å²) in [5.41, 5.74) is 2.19. The molecular formula is C19H27N3O2. The number of ether oxygens (including phenoxy) is 1. The Kier molecular flexibility index (Phi) is 4.11.